The number of nitrogens with one attached hydrogen (secondary N) is 2. The molecule has 31 heavy (non-hydrogen) atoms. The molecule has 0 aromatic heterocycles. The van der Waals surface area contributed by atoms with E-state index in [4.69, 9.17) is 9.47 Å². The van der Waals surface area contributed by atoms with Crippen molar-refractivity contribution in [3.05, 3.63) is 90.0 Å². The Morgan fingerprint density at radius 1 is 0.806 bits per heavy atom. The summed E-state index contributed by atoms with van der Waals surface area (Å²) < 4.78 is 10.3. The number of amides is 2. The summed E-state index contributed by atoms with van der Waals surface area (Å²) in [5.74, 6) is -1.07. The van der Waals surface area contributed by atoms with E-state index in [1.807, 2.05) is 25.1 Å². The summed E-state index contributed by atoms with van der Waals surface area (Å²) in [5.41, 5.74) is 2.23. The molecule has 0 bridgehead atoms. The lowest BCUT2D eigenvalue weighted by Crippen LogP contribution is -2.25. The van der Waals surface area contributed by atoms with Crippen molar-refractivity contribution in [2.75, 3.05) is 23.8 Å². The van der Waals surface area contributed by atoms with Crippen molar-refractivity contribution in [3.8, 4) is 5.75 Å². The maximum atomic E-state index is 12.6. The summed E-state index contributed by atoms with van der Waals surface area (Å²) in [6, 6.07) is 22.8. The number of esters is 1. The Kier molecular flexibility index (Phi) is 7.37. The third-order valence-corrected chi connectivity index (χ3v) is 4.19. The lowest BCUT2D eigenvalue weighted by Gasteiger charge is -2.12. The molecule has 3 rings (SSSR count). The minimum atomic E-state index is -0.674. The number of hydrogen-bond acceptors (Lipinski definition) is 5. The molecule has 2 amide bonds. The van der Waals surface area contributed by atoms with Gasteiger partial charge in [-0.25, -0.2) is 4.79 Å². The van der Waals surface area contributed by atoms with E-state index in [9.17, 15) is 14.4 Å². The Hall–Kier alpha value is -4.13. The number of carbonyl (C=O) groups excluding carboxylic acids is 3. The second kappa shape index (κ2) is 10.6. The second-order valence-electron chi connectivity index (χ2n) is 6.68. The monoisotopic (exact) mass is 418 g/mol. The minimum Gasteiger partial charge on any atom is -0.482 e. The fourth-order valence-electron chi connectivity index (χ4n) is 2.73. The van der Waals surface area contributed by atoms with Crippen molar-refractivity contribution < 1.29 is 23.9 Å². The first-order valence-corrected chi connectivity index (χ1v) is 9.61. The topological polar surface area (TPSA) is 93.7 Å². The highest BCUT2D eigenvalue weighted by Crippen LogP contribution is 2.17. The molecule has 0 saturated carbocycles. The maximum Gasteiger partial charge on any atom is 0.344 e. The van der Waals surface area contributed by atoms with Gasteiger partial charge in [0, 0.05) is 5.69 Å². The summed E-state index contributed by atoms with van der Waals surface area (Å²) in [7, 11) is 0. The molecule has 0 unspecified atom stereocenters. The van der Waals surface area contributed by atoms with Gasteiger partial charge in [-0.3, -0.25) is 9.59 Å². The highest BCUT2D eigenvalue weighted by Gasteiger charge is 2.15. The SMILES string of the molecule is Cc1cccc(OCC(=O)OCC(=O)Nc2ccccc2C(=O)Nc2ccccc2)c1. The molecule has 0 spiro atoms. The van der Waals surface area contributed by atoms with Gasteiger partial charge in [-0.2, -0.15) is 0 Å². The van der Waals surface area contributed by atoms with Gasteiger partial charge in [0.15, 0.2) is 13.2 Å². The molecule has 0 aliphatic carbocycles. The molecule has 7 heteroatoms. The number of benzene rings is 3. The smallest absolute Gasteiger partial charge is 0.344 e. The normalized spacial score (nSPS) is 10.1. The van der Waals surface area contributed by atoms with E-state index in [-0.39, 0.29) is 18.1 Å². The van der Waals surface area contributed by atoms with Crippen LogP contribution in [0.2, 0.25) is 0 Å². The first kappa shape index (κ1) is 21.6. The number of hydrogen-bond donors (Lipinski definition) is 2. The Bertz CT molecular complexity index is 1070. The van der Waals surface area contributed by atoms with Gasteiger partial charge in [0.05, 0.1) is 11.3 Å². The third kappa shape index (κ3) is 6.71. The summed E-state index contributed by atoms with van der Waals surface area (Å²) in [6.07, 6.45) is 0. The van der Waals surface area contributed by atoms with Gasteiger partial charge in [-0.1, -0.05) is 42.5 Å². The number of ether oxygens (including phenoxy) is 2. The fraction of sp³-hybridized carbons (Fsp3) is 0.125. The molecule has 0 saturated heterocycles. The van der Waals surface area contributed by atoms with Crippen molar-refractivity contribution in [3.63, 3.8) is 0 Å². The molecule has 0 aliphatic rings. The molecule has 0 atom stereocenters. The van der Waals surface area contributed by atoms with Crippen molar-refractivity contribution in [2.45, 2.75) is 6.92 Å². The predicted octanol–water partition coefficient (Wildman–Crippen LogP) is 3.81. The first-order chi connectivity index (χ1) is 15.0. The molecule has 0 fully saturated rings. The predicted molar refractivity (Wildman–Crippen MR) is 117 cm³/mol. The van der Waals surface area contributed by atoms with Crippen LogP contribution in [0.1, 0.15) is 15.9 Å². The van der Waals surface area contributed by atoms with E-state index >= 15 is 0 Å². The van der Waals surface area contributed by atoms with Gasteiger partial charge < -0.3 is 20.1 Å². The van der Waals surface area contributed by atoms with Crippen LogP contribution in [0.5, 0.6) is 5.75 Å². The lowest BCUT2D eigenvalue weighted by atomic mass is 10.1. The zero-order valence-corrected chi connectivity index (χ0v) is 17.0. The molecule has 0 heterocycles. The first-order valence-electron chi connectivity index (χ1n) is 9.61. The van der Waals surface area contributed by atoms with Crippen LogP contribution in [-0.2, 0) is 14.3 Å². The molecule has 0 aliphatic heterocycles. The molecular weight excluding hydrogens is 396 g/mol. The second-order valence-corrected chi connectivity index (χ2v) is 6.68. The van der Waals surface area contributed by atoms with Gasteiger partial charge in [-0.15, -0.1) is 0 Å². The van der Waals surface area contributed by atoms with E-state index < -0.39 is 18.5 Å². The van der Waals surface area contributed by atoms with Gasteiger partial charge in [0.25, 0.3) is 11.8 Å². The molecule has 3 aromatic rings. The van der Waals surface area contributed by atoms with Crippen molar-refractivity contribution in [1.29, 1.82) is 0 Å². The van der Waals surface area contributed by atoms with Gasteiger partial charge in [0.1, 0.15) is 5.75 Å². The van der Waals surface area contributed by atoms with Crippen LogP contribution in [-0.4, -0.2) is 31.0 Å². The van der Waals surface area contributed by atoms with Gasteiger partial charge in [-0.05, 0) is 48.9 Å². The number of aryl methyl sites for hydroxylation is 1. The molecular formula is C24H22N2O5. The van der Waals surface area contributed by atoms with Crippen molar-refractivity contribution >= 4 is 29.2 Å². The zero-order valence-electron chi connectivity index (χ0n) is 17.0. The number of para-hydroxylation sites is 2. The quantitative estimate of drug-likeness (QED) is 0.543. The fourth-order valence-corrected chi connectivity index (χ4v) is 2.73. The Morgan fingerprint density at radius 2 is 1.55 bits per heavy atom. The van der Waals surface area contributed by atoms with Crippen molar-refractivity contribution in [2.24, 2.45) is 0 Å². The Balaban J connectivity index is 1.51. The summed E-state index contributed by atoms with van der Waals surface area (Å²) in [5, 5.41) is 5.36. The van der Waals surface area contributed by atoms with Crippen LogP contribution >= 0.6 is 0 Å². The highest BCUT2D eigenvalue weighted by atomic mass is 16.6. The van der Waals surface area contributed by atoms with Crippen molar-refractivity contribution in [1.82, 2.24) is 0 Å². The largest absolute Gasteiger partial charge is 0.482 e. The number of anilines is 2. The van der Waals surface area contributed by atoms with E-state index in [1.165, 1.54) is 0 Å². The Labute approximate surface area is 180 Å². The van der Waals surface area contributed by atoms with Crippen LogP contribution in [0.3, 0.4) is 0 Å². The highest BCUT2D eigenvalue weighted by molar-refractivity contribution is 6.10. The summed E-state index contributed by atoms with van der Waals surface area (Å²) >= 11 is 0. The third-order valence-electron chi connectivity index (χ3n) is 4.19. The molecule has 3 aromatic carbocycles. The van der Waals surface area contributed by atoms with E-state index in [0.717, 1.165) is 5.56 Å². The molecule has 2 N–H and O–H groups in total. The van der Waals surface area contributed by atoms with E-state index in [2.05, 4.69) is 10.6 Å². The maximum absolute atomic E-state index is 12.6. The summed E-state index contributed by atoms with van der Waals surface area (Å²) in [4.78, 5) is 36.6. The van der Waals surface area contributed by atoms with Crippen LogP contribution in [0.25, 0.3) is 0 Å². The average molecular weight is 418 g/mol. The average Bonchev–Trinajstić information content (AvgIpc) is 2.77. The lowest BCUT2D eigenvalue weighted by molar-refractivity contribution is -0.149. The van der Waals surface area contributed by atoms with Crippen LogP contribution in [0, 0.1) is 6.92 Å². The minimum absolute atomic E-state index is 0.286. The van der Waals surface area contributed by atoms with Gasteiger partial charge >= 0.3 is 5.97 Å². The van der Waals surface area contributed by atoms with Crippen LogP contribution < -0.4 is 15.4 Å². The Morgan fingerprint density at radius 3 is 2.32 bits per heavy atom. The molecule has 0 radical (unpaired) electrons. The van der Waals surface area contributed by atoms with E-state index in [1.54, 1.807) is 60.7 Å². The zero-order chi connectivity index (χ0) is 22.1. The molecule has 7 nitrogen and oxygen atoms in total. The van der Waals surface area contributed by atoms with Gasteiger partial charge in [0.2, 0.25) is 0 Å². The number of carbonyl (C=O) groups is 3. The van der Waals surface area contributed by atoms with E-state index in [0.29, 0.717) is 17.1 Å². The standard InChI is InChI=1S/C24H22N2O5/c1-17-8-7-11-19(14-17)30-16-23(28)31-15-22(27)26-21-13-6-5-12-20(21)24(29)25-18-9-3-2-4-10-18/h2-14H,15-16H2,1H3,(H,25,29)(H,26,27). The van der Waals surface area contributed by atoms with Crippen LogP contribution in [0.4, 0.5) is 11.4 Å². The molecule has 158 valence electrons. The van der Waals surface area contributed by atoms with Crippen LogP contribution in [0.15, 0.2) is 78.9 Å². The number of rotatable bonds is 8. The summed E-state index contributed by atoms with van der Waals surface area (Å²) in [6.45, 7) is 1.10.